The lowest BCUT2D eigenvalue weighted by Crippen LogP contribution is -2.46. The summed E-state index contributed by atoms with van der Waals surface area (Å²) < 4.78 is 49.5. The van der Waals surface area contributed by atoms with Crippen molar-refractivity contribution in [2.45, 2.75) is 76.2 Å². The molecule has 13 heteroatoms. The molecule has 3 aliphatic rings. The SMILES string of the molecule is COCCN1c2cc3c(cc2C(C)=CC1(C)C)C(=CC=CC1=[N+](CCCCCC(=O)On2c(O)ccc2O)c2ccc(S(=O)(=O)O)cc2C1(C)C)C=C(c1ccccc1)O3. The van der Waals surface area contributed by atoms with Gasteiger partial charge in [0.25, 0.3) is 10.1 Å². The number of aromatic nitrogens is 1. The van der Waals surface area contributed by atoms with Gasteiger partial charge >= 0.3 is 5.97 Å². The number of benzene rings is 3. The Bertz CT molecular complexity index is 2580. The fraction of sp³-hybridized carbons (Fsp3) is 0.319. The topological polar surface area (TPSA) is 151 Å². The average molecular weight is 835 g/mol. The molecule has 12 nitrogen and oxygen atoms in total. The third-order valence-electron chi connectivity index (χ3n) is 11.4. The number of carbonyl (C=O) groups is 1. The second-order valence-electron chi connectivity index (χ2n) is 16.4. The van der Waals surface area contributed by atoms with E-state index in [4.69, 9.17) is 14.3 Å². The molecular formula is C47H52N3O9S+. The molecule has 1 aromatic heterocycles. The second-order valence-corrected chi connectivity index (χ2v) is 17.8. The monoisotopic (exact) mass is 834 g/mol. The lowest BCUT2D eigenvalue weighted by Gasteiger charge is -2.43. The van der Waals surface area contributed by atoms with Crippen molar-refractivity contribution in [3.63, 3.8) is 0 Å². The van der Waals surface area contributed by atoms with Crippen LogP contribution in [0.3, 0.4) is 0 Å². The van der Waals surface area contributed by atoms with Crippen LogP contribution in [0.4, 0.5) is 11.4 Å². The molecule has 60 heavy (non-hydrogen) atoms. The number of fused-ring (bicyclic) bond motifs is 3. The second kappa shape index (κ2) is 16.6. The molecule has 0 saturated carbocycles. The Kier molecular flexibility index (Phi) is 11.7. The number of rotatable bonds is 14. The zero-order valence-corrected chi connectivity index (χ0v) is 35.6. The average Bonchev–Trinajstić information content (AvgIpc) is 3.62. The van der Waals surface area contributed by atoms with Gasteiger partial charge in [0, 0.05) is 84.8 Å². The number of anilines is 1. The van der Waals surface area contributed by atoms with Crippen LogP contribution in [0.25, 0.3) is 16.9 Å². The molecule has 314 valence electrons. The summed E-state index contributed by atoms with van der Waals surface area (Å²) in [5.41, 5.74) is 7.87. The quantitative estimate of drug-likeness (QED) is 0.0642. The van der Waals surface area contributed by atoms with Crippen molar-refractivity contribution >= 4 is 50.1 Å². The van der Waals surface area contributed by atoms with E-state index in [2.05, 4.69) is 66.7 Å². The number of aromatic hydroxyl groups is 2. The smallest absolute Gasteiger partial charge is 0.333 e. The summed E-state index contributed by atoms with van der Waals surface area (Å²) in [6.07, 6.45) is 12.4. The van der Waals surface area contributed by atoms with E-state index in [-0.39, 0.29) is 28.6 Å². The predicted octanol–water partition coefficient (Wildman–Crippen LogP) is 8.46. The predicted molar refractivity (Wildman–Crippen MR) is 232 cm³/mol. The van der Waals surface area contributed by atoms with E-state index in [0.717, 1.165) is 56.4 Å². The molecule has 0 spiro atoms. The van der Waals surface area contributed by atoms with Crippen LogP contribution in [-0.4, -0.2) is 76.5 Å². The molecule has 4 aromatic rings. The number of methoxy groups -OCH3 is 1. The van der Waals surface area contributed by atoms with Crippen LogP contribution in [-0.2, 0) is 25.1 Å². The number of carbonyl (C=O) groups excluding carboxylic acids is 1. The normalized spacial score (nSPS) is 17.2. The molecule has 7 rings (SSSR count). The van der Waals surface area contributed by atoms with Gasteiger partial charge < -0.3 is 29.4 Å². The minimum absolute atomic E-state index is 0.0754. The Hall–Kier alpha value is -5.89. The minimum atomic E-state index is -4.44. The maximum Gasteiger partial charge on any atom is 0.333 e. The van der Waals surface area contributed by atoms with Gasteiger partial charge in [-0.3, -0.25) is 4.55 Å². The molecule has 0 bridgehead atoms. The van der Waals surface area contributed by atoms with Crippen LogP contribution >= 0.6 is 0 Å². The summed E-state index contributed by atoms with van der Waals surface area (Å²) in [6.45, 7) is 12.5. The van der Waals surface area contributed by atoms with Gasteiger partial charge in [0.1, 0.15) is 18.1 Å². The summed E-state index contributed by atoms with van der Waals surface area (Å²) in [5.74, 6) is 0.112. The Morgan fingerprint density at radius 1 is 0.933 bits per heavy atom. The minimum Gasteiger partial charge on any atom is -0.492 e. The lowest BCUT2D eigenvalue weighted by atomic mass is 9.81. The summed E-state index contributed by atoms with van der Waals surface area (Å²) in [5, 5.41) is 19.6. The largest absolute Gasteiger partial charge is 0.492 e. The summed E-state index contributed by atoms with van der Waals surface area (Å²) in [4.78, 5) is 19.7. The Morgan fingerprint density at radius 2 is 1.67 bits per heavy atom. The van der Waals surface area contributed by atoms with Gasteiger partial charge in [-0.25, -0.2) is 4.79 Å². The summed E-state index contributed by atoms with van der Waals surface area (Å²) in [6, 6.07) is 21.5. The molecule has 0 unspecified atom stereocenters. The van der Waals surface area contributed by atoms with E-state index in [1.807, 2.05) is 50.3 Å². The molecule has 3 N–H and O–H groups in total. The van der Waals surface area contributed by atoms with E-state index in [1.54, 1.807) is 19.2 Å². The van der Waals surface area contributed by atoms with Crippen LogP contribution in [0.2, 0.25) is 0 Å². The Labute approximate surface area is 351 Å². The van der Waals surface area contributed by atoms with E-state index in [1.165, 1.54) is 23.8 Å². The molecular weight excluding hydrogens is 783 g/mol. The van der Waals surface area contributed by atoms with E-state index >= 15 is 0 Å². The Balaban J connectivity index is 1.23. The molecule has 0 atom stereocenters. The van der Waals surface area contributed by atoms with E-state index in [9.17, 15) is 28.0 Å². The maximum absolute atomic E-state index is 12.5. The molecule has 3 aliphatic heterocycles. The van der Waals surface area contributed by atoms with E-state index < -0.39 is 21.5 Å². The highest BCUT2D eigenvalue weighted by Crippen LogP contribution is 2.47. The first-order chi connectivity index (χ1) is 28.5. The first-order valence-corrected chi connectivity index (χ1v) is 21.5. The van der Waals surface area contributed by atoms with Gasteiger partial charge in [-0.05, 0) is 82.9 Å². The molecule has 3 aromatic carbocycles. The first kappa shape index (κ1) is 42.2. The van der Waals surface area contributed by atoms with Gasteiger partial charge in [-0.1, -0.05) is 48.6 Å². The fourth-order valence-electron chi connectivity index (χ4n) is 8.41. The van der Waals surface area contributed by atoms with E-state index in [0.29, 0.717) is 43.7 Å². The Morgan fingerprint density at radius 3 is 2.37 bits per heavy atom. The molecule has 0 aliphatic carbocycles. The van der Waals surface area contributed by atoms with Crippen LogP contribution in [0.5, 0.6) is 17.5 Å². The third kappa shape index (κ3) is 8.43. The van der Waals surface area contributed by atoms with Crippen molar-refractivity contribution in [1.29, 1.82) is 0 Å². The first-order valence-electron chi connectivity index (χ1n) is 20.1. The van der Waals surface area contributed by atoms with Gasteiger partial charge in [0.15, 0.2) is 5.71 Å². The van der Waals surface area contributed by atoms with Gasteiger partial charge in [0.2, 0.25) is 17.4 Å². The molecule has 0 amide bonds. The highest BCUT2D eigenvalue weighted by Gasteiger charge is 2.45. The van der Waals surface area contributed by atoms with Crippen LogP contribution in [0.1, 0.15) is 82.6 Å². The molecule has 0 radical (unpaired) electrons. The van der Waals surface area contributed by atoms with Crippen molar-refractivity contribution < 1.29 is 46.9 Å². The number of unbranched alkanes of at least 4 members (excludes halogenated alkanes) is 2. The standard InChI is InChI=1S/C47H51N3O9S/c1-31-30-46(2,3)49(24-25-57-6)39-29-41-36(28-35(31)39)33(26-40(58-41)32-14-9-7-10-15-32)16-13-17-42-47(4,5)37-27-34(60(54,55)56)19-20-38(37)48(42)23-12-8-11-18-45(53)59-50-43(51)21-22-44(50)52/h7,9-10,13-17,19-22,26-30H,8,11-12,18,23-25H2,1-6H3,(H2-,51,52,54,55,56)/p+1. The number of allylic oxidation sites excluding steroid dienone is 6. The molecule has 4 heterocycles. The van der Waals surface area contributed by atoms with Crippen molar-refractivity contribution in [2.75, 3.05) is 31.7 Å². The zero-order valence-electron chi connectivity index (χ0n) is 34.8. The van der Waals surface area contributed by atoms with Crippen LogP contribution in [0, 0.1) is 0 Å². The van der Waals surface area contributed by atoms with Crippen LogP contribution < -0.4 is 14.5 Å². The number of hydrogen-bond acceptors (Lipinski definition) is 9. The summed E-state index contributed by atoms with van der Waals surface area (Å²) in [7, 11) is -2.73. The van der Waals surface area contributed by atoms with Gasteiger partial charge in [-0.15, -0.1) is 4.73 Å². The zero-order chi connectivity index (χ0) is 43.0. The molecule has 0 saturated heterocycles. The summed E-state index contributed by atoms with van der Waals surface area (Å²) >= 11 is 0. The van der Waals surface area contributed by atoms with Crippen molar-refractivity contribution in [2.24, 2.45) is 0 Å². The van der Waals surface area contributed by atoms with Gasteiger partial charge in [0.05, 0.1) is 22.5 Å². The highest BCUT2D eigenvalue weighted by atomic mass is 32.2. The van der Waals surface area contributed by atoms with Crippen molar-refractivity contribution in [1.82, 2.24) is 4.73 Å². The van der Waals surface area contributed by atoms with Crippen LogP contribution in [0.15, 0.2) is 108 Å². The number of nitrogens with zero attached hydrogens (tertiary/aromatic N) is 3. The molecule has 0 fully saturated rings. The number of ether oxygens (including phenoxy) is 2. The fourth-order valence-corrected chi connectivity index (χ4v) is 8.92. The van der Waals surface area contributed by atoms with Gasteiger partial charge in [-0.2, -0.15) is 13.0 Å². The lowest BCUT2D eigenvalue weighted by molar-refractivity contribution is -0.438. The van der Waals surface area contributed by atoms with Crippen molar-refractivity contribution in [3.8, 4) is 17.5 Å². The highest BCUT2D eigenvalue weighted by molar-refractivity contribution is 7.85. The third-order valence-corrected chi connectivity index (χ3v) is 12.3. The maximum atomic E-state index is 12.5. The number of hydrogen-bond donors (Lipinski definition) is 3. The van der Waals surface area contributed by atoms with Crippen molar-refractivity contribution in [3.05, 3.63) is 125 Å².